The minimum absolute atomic E-state index is 0.582. The maximum absolute atomic E-state index is 3.57. The van der Waals surface area contributed by atoms with E-state index < -0.39 is 0 Å². The van der Waals surface area contributed by atoms with E-state index in [1.807, 2.05) is 0 Å². The van der Waals surface area contributed by atoms with Crippen molar-refractivity contribution in [3.8, 4) is 0 Å². The van der Waals surface area contributed by atoms with Crippen molar-refractivity contribution >= 4 is 5.69 Å². The number of rotatable bonds is 2. The lowest BCUT2D eigenvalue weighted by molar-refractivity contribution is 0.402. The fourth-order valence-electron chi connectivity index (χ4n) is 2.75. The molecule has 1 heterocycles. The van der Waals surface area contributed by atoms with E-state index in [1.54, 1.807) is 0 Å². The van der Waals surface area contributed by atoms with Crippen LogP contribution >= 0.6 is 0 Å². The standard InChI is InChI=1S/C15H24N2/c1-5-14-9-16-13(4)10-17(14)15-7-11(2)6-12(3)8-15/h6-8,13-14,16H,5,9-10H2,1-4H3. The topological polar surface area (TPSA) is 15.3 Å². The molecule has 94 valence electrons. The predicted octanol–water partition coefficient (Wildman–Crippen LogP) is 2.88. The Bertz CT molecular complexity index is 366. The third-order valence-electron chi connectivity index (χ3n) is 3.62. The molecule has 2 rings (SSSR count). The normalized spacial score (nSPS) is 25.1. The molecule has 17 heavy (non-hydrogen) atoms. The Labute approximate surface area is 105 Å². The van der Waals surface area contributed by atoms with Crippen LogP contribution in [0, 0.1) is 13.8 Å². The second-order valence-corrected chi connectivity index (χ2v) is 5.37. The van der Waals surface area contributed by atoms with Gasteiger partial charge >= 0.3 is 0 Å². The first-order valence-electron chi connectivity index (χ1n) is 6.68. The fraction of sp³-hybridized carbons (Fsp3) is 0.600. The average molecular weight is 232 g/mol. The Hall–Kier alpha value is -1.02. The molecule has 0 amide bonds. The van der Waals surface area contributed by atoms with Crippen molar-refractivity contribution in [2.45, 2.75) is 46.2 Å². The predicted molar refractivity (Wildman–Crippen MR) is 74.8 cm³/mol. The van der Waals surface area contributed by atoms with Gasteiger partial charge in [0.2, 0.25) is 0 Å². The highest BCUT2D eigenvalue weighted by Crippen LogP contribution is 2.24. The number of nitrogens with zero attached hydrogens (tertiary/aromatic N) is 1. The second kappa shape index (κ2) is 5.09. The largest absolute Gasteiger partial charge is 0.366 e. The van der Waals surface area contributed by atoms with Gasteiger partial charge in [-0.1, -0.05) is 13.0 Å². The minimum Gasteiger partial charge on any atom is -0.366 e. The molecule has 1 saturated heterocycles. The molecule has 1 aliphatic heterocycles. The van der Waals surface area contributed by atoms with E-state index in [1.165, 1.54) is 23.2 Å². The quantitative estimate of drug-likeness (QED) is 0.843. The summed E-state index contributed by atoms with van der Waals surface area (Å²) in [4.78, 5) is 2.57. The third-order valence-corrected chi connectivity index (χ3v) is 3.62. The maximum atomic E-state index is 3.57. The molecule has 0 aromatic heterocycles. The molecule has 2 heteroatoms. The molecule has 2 unspecified atom stereocenters. The van der Waals surface area contributed by atoms with Crippen molar-refractivity contribution in [2.75, 3.05) is 18.0 Å². The molecule has 1 fully saturated rings. The van der Waals surface area contributed by atoms with Crippen LogP contribution in [0.1, 0.15) is 31.4 Å². The summed E-state index contributed by atoms with van der Waals surface area (Å²) in [5.41, 5.74) is 4.12. The average Bonchev–Trinajstić information content (AvgIpc) is 2.27. The van der Waals surface area contributed by atoms with Gasteiger partial charge in [-0.05, 0) is 50.5 Å². The lowest BCUT2D eigenvalue weighted by Crippen LogP contribution is -2.55. The number of benzene rings is 1. The van der Waals surface area contributed by atoms with E-state index in [2.05, 4.69) is 56.1 Å². The Balaban J connectivity index is 2.28. The van der Waals surface area contributed by atoms with Crippen LogP contribution in [-0.2, 0) is 0 Å². The van der Waals surface area contributed by atoms with Crippen LogP contribution in [0.3, 0.4) is 0 Å². The molecule has 0 saturated carbocycles. The van der Waals surface area contributed by atoms with Gasteiger partial charge in [-0.2, -0.15) is 0 Å². The third kappa shape index (κ3) is 2.81. The fourth-order valence-corrected chi connectivity index (χ4v) is 2.75. The van der Waals surface area contributed by atoms with E-state index in [4.69, 9.17) is 0 Å². The zero-order valence-electron chi connectivity index (χ0n) is 11.5. The Kier molecular flexibility index (Phi) is 3.72. The Morgan fingerprint density at radius 2 is 1.88 bits per heavy atom. The second-order valence-electron chi connectivity index (χ2n) is 5.37. The summed E-state index contributed by atoms with van der Waals surface area (Å²) in [5, 5.41) is 3.57. The lowest BCUT2D eigenvalue weighted by atomic mass is 10.0. The number of aryl methyl sites for hydroxylation is 2. The number of hydrogen-bond donors (Lipinski definition) is 1. The maximum Gasteiger partial charge on any atom is 0.0412 e. The summed E-state index contributed by atoms with van der Waals surface area (Å²) >= 11 is 0. The smallest absolute Gasteiger partial charge is 0.0412 e. The van der Waals surface area contributed by atoms with Gasteiger partial charge in [-0.15, -0.1) is 0 Å². The van der Waals surface area contributed by atoms with Crippen molar-refractivity contribution in [1.29, 1.82) is 0 Å². The van der Waals surface area contributed by atoms with E-state index in [0.29, 0.717) is 12.1 Å². The SMILES string of the molecule is CCC1CNC(C)CN1c1cc(C)cc(C)c1. The monoisotopic (exact) mass is 232 g/mol. The number of anilines is 1. The van der Waals surface area contributed by atoms with Gasteiger partial charge in [0.15, 0.2) is 0 Å². The van der Waals surface area contributed by atoms with Crippen molar-refractivity contribution in [2.24, 2.45) is 0 Å². The first-order chi connectivity index (χ1) is 8.10. The summed E-state index contributed by atoms with van der Waals surface area (Å²) < 4.78 is 0. The molecule has 0 aliphatic carbocycles. The van der Waals surface area contributed by atoms with E-state index in [0.717, 1.165) is 13.1 Å². The molecule has 1 aromatic carbocycles. The highest BCUT2D eigenvalue weighted by Gasteiger charge is 2.24. The van der Waals surface area contributed by atoms with Gasteiger partial charge in [0.05, 0.1) is 0 Å². The highest BCUT2D eigenvalue weighted by molar-refractivity contribution is 5.52. The zero-order chi connectivity index (χ0) is 12.4. The van der Waals surface area contributed by atoms with Crippen LogP contribution in [0.2, 0.25) is 0 Å². The van der Waals surface area contributed by atoms with Crippen LogP contribution in [0.5, 0.6) is 0 Å². The molecule has 2 nitrogen and oxygen atoms in total. The van der Waals surface area contributed by atoms with E-state index in [-0.39, 0.29) is 0 Å². The molecule has 0 bridgehead atoms. The lowest BCUT2D eigenvalue weighted by Gasteiger charge is -2.41. The van der Waals surface area contributed by atoms with Gasteiger partial charge < -0.3 is 10.2 Å². The number of hydrogen-bond acceptors (Lipinski definition) is 2. The molecule has 0 radical (unpaired) electrons. The first-order valence-corrected chi connectivity index (χ1v) is 6.68. The van der Waals surface area contributed by atoms with Crippen LogP contribution in [-0.4, -0.2) is 25.2 Å². The van der Waals surface area contributed by atoms with Gasteiger partial charge in [-0.25, -0.2) is 0 Å². The van der Waals surface area contributed by atoms with Crippen molar-refractivity contribution < 1.29 is 0 Å². The molecular weight excluding hydrogens is 208 g/mol. The molecular formula is C15H24N2. The molecule has 2 atom stereocenters. The summed E-state index contributed by atoms with van der Waals surface area (Å²) in [6, 6.07) is 8.09. The highest BCUT2D eigenvalue weighted by atomic mass is 15.2. The van der Waals surface area contributed by atoms with Gasteiger partial charge in [-0.3, -0.25) is 0 Å². The van der Waals surface area contributed by atoms with E-state index in [9.17, 15) is 0 Å². The van der Waals surface area contributed by atoms with Crippen LogP contribution in [0.25, 0.3) is 0 Å². The van der Waals surface area contributed by atoms with Gasteiger partial charge in [0.1, 0.15) is 0 Å². The summed E-state index contributed by atoms with van der Waals surface area (Å²) in [6.45, 7) is 11.1. The summed E-state index contributed by atoms with van der Waals surface area (Å²) in [7, 11) is 0. The number of nitrogens with one attached hydrogen (secondary N) is 1. The molecule has 1 aliphatic rings. The van der Waals surface area contributed by atoms with E-state index >= 15 is 0 Å². The first kappa shape index (κ1) is 12.4. The minimum atomic E-state index is 0.582. The van der Waals surface area contributed by atoms with Gasteiger partial charge in [0.25, 0.3) is 0 Å². The Morgan fingerprint density at radius 3 is 2.47 bits per heavy atom. The van der Waals surface area contributed by atoms with Crippen LogP contribution in [0.15, 0.2) is 18.2 Å². The van der Waals surface area contributed by atoms with Crippen LogP contribution < -0.4 is 10.2 Å². The Morgan fingerprint density at radius 1 is 1.24 bits per heavy atom. The number of piperazine rings is 1. The van der Waals surface area contributed by atoms with Crippen LogP contribution in [0.4, 0.5) is 5.69 Å². The molecule has 0 spiro atoms. The molecule has 1 aromatic rings. The van der Waals surface area contributed by atoms with Crippen molar-refractivity contribution in [3.63, 3.8) is 0 Å². The molecule has 1 N–H and O–H groups in total. The zero-order valence-corrected chi connectivity index (χ0v) is 11.5. The van der Waals surface area contributed by atoms with Crippen molar-refractivity contribution in [3.05, 3.63) is 29.3 Å². The van der Waals surface area contributed by atoms with Gasteiger partial charge in [0, 0.05) is 30.9 Å². The summed E-state index contributed by atoms with van der Waals surface area (Å²) in [5.74, 6) is 0. The summed E-state index contributed by atoms with van der Waals surface area (Å²) in [6.07, 6.45) is 1.20. The van der Waals surface area contributed by atoms with Crippen molar-refractivity contribution in [1.82, 2.24) is 5.32 Å².